The maximum Gasteiger partial charge on any atom is 0.231 e. The van der Waals surface area contributed by atoms with Crippen LogP contribution in [0.4, 0.5) is 0 Å². The Labute approximate surface area is 101 Å². The van der Waals surface area contributed by atoms with Crippen LogP contribution < -0.4 is 15.2 Å². The summed E-state index contributed by atoms with van der Waals surface area (Å²) < 4.78 is 10.7. The van der Waals surface area contributed by atoms with Crippen molar-refractivity contribution in [3.8, 4) is 11.5 Å². The van der Waals surface area contributed by atoms with Crippen LogP contribution in [-0.4, -0.2) is 31.3 Å². The van der Waals surface area contributed by atoms with E-state index in [0.29, 0.717) is 19.4 Å². The predicted octanol–water partition coefficient (Wildman–Crippen LogP) is 1.51. The highest BCUT2D eigenvalue weighted by Crippen LogP contribution is 2.35. The molecule has 92 valence electrons. The van der Waals surface area contributed by atoms with Crippen molar-refractivity contribution in [3.63, 3.8) is 0 Å². The summed E-state index contributed by atoms with van der Waals surface area (Å²) in [7, 11) is 0. The largest absolute Gasteiger partial charge is 0.454 e. The Morgan fingerprint density at radius 3 is 2.71 bits per heavy atom. The molecule has 0 unspecified atom stereocenters. The van der Waals surface area contributed by atoms with E-state index in [9.17, 15) is 0 Å². The molecule has 0 saturated carbocycles. The van der Waals surface area contributed by atoms with Gasteiger partial charge in [-0.05, 0) is 43.6 Å². The molecular weight excluding hydrogens is 216 g/mol. The maximum absolute atomic E-state index is 5.92. The average Bonchev–Trinajstić information content (AvgIpc) is 2.99. The van der Waals surface area contributed by atoms with E-state index in [0.717, 1.165) is 24.6 Å². The fraction of sp³-hybridized carbons (Fsp3) is 0.538. The Morgan fingerprint density at radius 2 is 1.94 bits per heavy atom. The molecule has 0 bridgehead atoms. The van der Waals surface area contributed by atoms with E-state index in [1.807, 2.05) is 6.07 Å². The standard InChI is InChI=1S/C13H18N2O2/c14-8-11(15-5-1-2-6-15)10-3-4-12-13(7-10)17-9-16-12/h3-4,7,11H,1-2,5-6,8-9,14H2/t11-/m1/s1. The number of rotatable bonds is 3. The number of benzene rings is 1. The highest BCUT2D eigenvalue weighted by Gasteiger charge is 2.24. The molecule has 2 aliphatic rings. The summed E-state index contributed by atoms with van der Waals surface area (Å²) in [5.74, 6) is 1.69. The van der Waals surface area contributed by atoms with Crippen molar-refractivity contribution in [2.24, 2.45) is 5.73 Å². The van der Waals surface area contributed by atoms with Gasteiger partial charge in [-0.15, -0.1) is 0 Å². The molecule has 0 radical (unpaired) electrons. The van der Waals surface area contributed by atoms with Gasteiger partial charge in [-0.25, -0.2) is 0 Å². The molecule has 1 aromatic carbocycles. The molecule has 4 heteroatoms. The summed E-state index contributed by atoms with van der Waals surface area (Å²) in [5, 5.41) is 0. The van der Waals surface area contributed by atoms with Gasteiger partial charge in [-0.1, -0.05) is 6.07 Å². The number of hydrogen-bond donors (Lipinski definition) is 1. The lowest BCUT2D eigenvalue weighted by Crippen LogP contribution is -2.31. The van der Waals surface area contributed by atoms with Gasteiger partial charge in [0.15, 0.2) is 11.5 Å². The Morgan fingerprint density at radius 1 is 1.18 bits per heavy atom. The first kappa shape index (κ1) is 10.9. The molecular formula is C13H18N2O2. The first-order valence-electron chi connectivity index (χ1n) is 6.22. The average molecular weight is 234 g/mol. The summed E-state index contributed by atoms with van der Waals surface area (Å²) in [5.41, 5.74) is 7.15. The zero-order valence-corrected chi connectivity index (χ0v) is 9.89. The molecule has 0 spiro atoms. The summed E-state index contributed by atoms with van der Waals surface area (Å²) >= 11 is 0. The minimum absolute atomic E-state index is 0.312. The molecule has 1 aromatic rings. The monoisotopic (exact) mass is 234 g/mol. The smallest absolute Gasteiger partial charge is 0.231 e. The van der Waals surface area contributed by atoms with Gasteiger partial charge in [0.2, 0.25) is 6.79 Å². The van der Waals surface area contributed by atoms with Gasteiger partial charge >= 0.3 is 0 Å². The van der Waals surface area contributed by atoms with Gasteiger partial charge in [0.05, 0.1) is 0 Å². The maximum atomic E-state index is 5.92. The van der Waals surface area contributed by atoms with Gasteiger partial charge in [-0.2, -0.15) is 0 Å². The fourth-order valence-corrected chi connectivity index (χ4v) is 2.67. The molecule has 1 fully saturated rings. The number of fused-ring (bicyclic) bond motifs is 1. The van der Waals surface area contributed by atoms with E-state index >= 15 is 0 Å². The summed E-state index contributed by atoms with van der Waals surface area (Å²) in [4.78, 5) is 2.46. The van der Waals surface area contributed by atoms with Gasteiger partial charge in [-0.3, -0.25) is 4.90 Å². The lowest BCUT2D eigenvalue weighted by Gasteiger charge is -2.26. The van der Waals surface area contributed by atoms with Crippen molar-refractivity contribution in [1.82, 2.24) is 4.90 Å². The Hall–Kier alpha value is -1.26. The van der Waals surface area contributed by atoms with E-state index in [1.54, 1.807) is 0 Å². The lowest BCUT2D eigenvalue weighted by molar-refractivity contribution is 0.173. The molecule has 0 aliphatic carbocycles. The summed E-state index contributed by atoms with van der Waals surface area (Å²) in [6.07, 6.45) is 2.56. The van der Waals surface area contributed by atoms with Crippen LogP contribution in [0.3, 0.4) is 0 Å². The Kier molecular flexibility index (Phi) is 2.91. The van der Waals surface area contributed by atoms with Crippen LogP contribution in [0.15, 0.2) is 18.2 Å². The van der Waals surface area contributed by atoms with Crippen molar-refractivity contribution in [2.75, 3.05) is 26.4 Å². The van der Waals surface area contributed by atoms with Crippen molar-refractivity contribution >= 4 is 0 Å². The number of nitrogens with two attached hydrogens (primary N) is 1. The van der Waals surface area contributed by atoms with Gasteiger partial charge in [0, 0.05) is 12.6 Å². The van der Waals surface area contributed by atoms with E-state index in [4.69, 9.17) is 15.2 Å². The van der Waals surface area contributed by atoms with Crippen molar-refractivity contribution in [3.05, 3.63) is 23.8 Å². The SMILES string of the molecule is NC[C@H](c1ccc2c(c1)OCO2)N1CCCC1. The highest BCUT2D eigenvalue weighted by molar-refractivity contribution is 5.45. The summed E-state index contributed by atoms with van der Waals surface area (Å²) in [6.45, 7) is 3.28. The van der Waals surface area contributed by atoms with Gasteiger partial charge in [0.1, 0.15) is 0 Å². The first-order valence-corrected chi connectivity index (χ1v) is 6.22. The van der Waals surface area contributed by atoms with Crippen molar-refractivity contribution < 1.29 is 9.47 Å². The van der Waals surface area contributed by atoms with Crippen LogP contribution in [0, 0.1) is 0 Å². The minimum atomic E-state index is 0.312. The quantitative estimate of drug-likeness (QED) is 0.861. The molecule has 0 amide bonds. The van der Waals surface area contributed by atoms with Crippen LogP contribution in [0.1, 0.15) is 24.4 Å². The van der Waals surface area contributed by atoms with Crippen LogP contribution >= 0.6 is 0 Å². The molecule has 1 saturated heterocycles. The van der Waals surface area contributed by atoms with Gasteiger partial charge in [0.25, 0.3) is 0 Å². The molecule has 2 N–H and O–H groups in total. The minimum Gasteiger partial charge on any atom is -0.454 e. The molecule has 2 aliphatic heterocycles. The first-order chi connectivity index (χ1) is 8.38. The Balaban J connectivity index is 1.85. The molecule has 3 rings (SSSR count). The van der Waals surface area contributed by atoms with Crippen molar-refractivity contribution in [2.45, 2.75) is 18.9 Å². The zero-order chi connectivity index (χ0) is 11.7. The molecule has 1 atom stereocenters. The predicted molar refractivity (Wildman–Crippen MR) is 65.2 cm³/mol. The third-order valence-corrected chi connectivity index (χ3v) is 3.59. The second-order valence-electron chi connectivity index (χ2n) is 4.61. The molecule has 2 heterocycles. The number of ether oxygens (including phenoxy) is 2. The normalized spacial score (nSPS) is 20.8. The van der Waals surface area contributed by atoms with Crippen LogP contribution in [-0.2, 0) is 0 Å². The molecule has 17 heavy (non-hydrogen) atoms. The van der Waals surface area contributed by atoms with Gasteiger partial charge < -0.3 is 15.2 Å². The van der Waals surface area contributed by atoms with E-state index in [1.165, 1.54) is 18.4 Å². The van der Waals surface area contributed by atoms with E-state index in [-0.39, 0.29) is 0 Å². The second kappa shape index (κ2) is 4.55. The molecule has 0 aromatic heterocycles. The van der Waals surface area contributed by atoms with Crippen LogP contribution in [0.5, 0.6) is 11.5 Å². The number of hydrogen-bond acceptors (Lipinski definition) is 4. The summed E-state index contributed by atoms with van der Waals surface area (Å²) in [6, 6.07) is 6.46. The van der Waals surface area contributed by atoms with Crippen LogP contribution in [0.25, 0.3) is 0 Å². The Bertz CT molecular complexity index is 402. The third kappa shape index (κ3) is 1.98. The van der Waals surface area contributed by atoms with E-state index in [2.05, 4.69) is 17.0 Å². The lowest BCUT2D eigenvalue weighted by atomic mass is 10.1. The van der Waals surface area contributed by atoms with Crippen molar-refractivity contribution in [1.29, 1.82) is 0 Å². The third-order valence-electron chi connectivity index (χ3n) is 3.59. The zero-order valence-electron chi connectivity index (χ0n) is 9.89. The highest BCUT2D eigenvalue weighted by atomic mass is 16.7. The fourth-order valence-electron chi connectivity index (χ4n) is 2.67. The molecule has 4 nitrogen and oxygen atoms in total. The number of likely N-dealkylation sites (tertiary alicyclic amines) is 1. The topological polar surface area (TPSA) is 47.7 Å². The van der Waals surface area contributed by atoms with Crippen LogP contribution in [0.2, 0.25) is 0 Å². The van der Waals surface area contributed by atoms with E-state index < -0.39 is 0 Å². The second-order valence-corrected chi connectivity index (χ2v) is 4.61. The number of nitrogens with zero attached hydrogens (tertiary/aromatic N) is 1.